The van der Waals surface area contributed by atoms with Gasteiger partial charge in [-0.15, -0.1) is 0 Å². The van der Waals surface area contributed by atoms with Gasteiger partial charge in [-0.05, 0) is 228 Å². The smallest absolute Gasteiger partial charge is 0.337 e. The molecule has 0 bridgehead atoms. The Bertz CT molecular complexity index is 4230. The van der Waals surface area contributed by atoms with Gasteiger partial charge in [-0.1, -0.05) is 303 Å². The number of phenolic OH excluding ortho intramolecular Hbond substituents is 7. The van der Waals surface area contributed by atoms with Crippen LogP contribution in [0.4, 0.5) is 10.1 Å². The van der Waals surface area contributed by atoms with E-state index in [0.29, 0.717) is 47.0 Å². The van der Waals surface area contributed by atoms with E-state index in [0.717, 1.165) is 128 Å². The number of aromatic hydroxyl groups is 7. The molecule has 12 nitrogen and oxygen atoms in total. The molecule has 0 saturated heterocycles. The molecular weight excluding hydrogens is 1510 g/mol. The first-order valence-corrected chi connectivity index (χ1v) is 42.2. The van der Waals surface area contributed by atoms with Crippen LogP contribution in [0.5, 0.6) is 46.0 Å². The van der Waals surface area contributed by atoms with Crippen molar-refractivity contribution >= 4 is 11.7 Å². The molecule has 7 N–H and O–H groups in total. The standard InChI is InChI=1S/C29H44O2.C28H42O2.C16H24O3.C16H26O2.C15H18FNO2.4CH4/c1-26(2,3)20-14-18(15-21(24(20)30)27(4,5)6)13-19-16-22(28(7,8)9)25(31)23(17-19)29(10,11)12;1-25(2,3)19-13-17(14-20(23(19)29)26(4,5)6)18-15-21(27(7,8)9)24(30)22(16-18)28(10,11)12;1-15(2,3)11-8-10(14(18)19-7)9-12(13(11)17)16(4,5)6;1-8-18-11-9-12(15(2,3)4)14(17)13(10-11)16(5,6)7;1-3-19-12-6-4-10(5-7-12)11-8-13(16)15(17-2)14(18)9-11;;;;/h14-17,30-31H,13H2,1-12H3;13-16,29-30H,1-12H3;8-9,17H,1-7H3;9-10,17H,8H2,1-7H3;8-10,12,18H,3-7H2,1H3;4*1H4. The van der Waals surface area contributed by atoms with Gasteiger partial charge in [0, 0.05) is 51.1 Å². The topological polar surface area (TPSA) is 191 Å². The number of esters is 1. The van der Waals surface area contributed by atoms with Gasteiger partial charge in [-0.3, -0.25) is 0 Å². The zero-order valence-corrected chi connectivity index (χ0v) is 79.8. The molecule has 0 radical (unpaired) electrons. The lowest BCUT2D eigenvalue weighted by Gasteiger charge is -2.30. The highest BCUT2D eigenvalue weighted by atomic mass is 19.1. The van der Waals surface area contributed by atoms with Crippen LogP contribution in [0.15, 0.2) is 84.9 Å². The molecule has 7 aromatic rings. The van der Waals surface area contributed by atoms with E-state index in [1.165, 1.54) is 30.4 Å². The first kappa shape index (κ1) is 113. The predicted molar refractivity (Wildman–Crippen MR) is 515 cm³/mol. The molecule has 0 heterocycles. The maximum absolute atomic E-state index is 13.7. The number of carbonyl (C=O) groups is 1. The summed E-state index contributed by atoms with van der Waals surface area (Å²) in [5.74, 6) is 2.12. The van der Waals surface area contributed by atoms with Crippen molar-refractivity contribution in [2.45, 2.75) is 402 Å². The summed E-state index contributed by atoms with van der Waals surface area (Å²) in [6.45, 7) is 88.2. The van der Waals surface area contributed by atoms with E-state index in [-0.39, 0.29) is 124 Å². The molecule has 7 aromatic carbocycles. The lowest BCUT2D eigenvalue weighted by Crippen LogP contribution is -2.20. The fourth-order valence-electron chi connectivity index (χ4n) is 14.8. The largest absolute Gasteiger partial charge is 0.519 e. The van der Waals surface area contributed by atoms with Crippen LogP contribution in [0.2, 0.25) is 0 Å². The number of methoxy groups -OCH3 is 1. The van der Waals surface area contributed by atoms with Gasteiger partial charge in [0.2, 0.25) is 0 Å². The number of hydrogen-bond donors (Lipinski definition) is 7. The Morgan fingerprint density at radius 1 is 0.364 bits per heavy atom. The van der Waals surface area contributed by atoms with Crippen molar-refractivity contribution in [2.24, 2.45) is 0 Å². The van der Waals surface area contributed by atoms with E-state index in [1.807, 2.05) is 67.5 Å². The van der Waals surface area contributed by atoms with Gasteiger partial charge in [-0.25, -0.2) is 14.0 Å². The van der Waals surface area contributed by atoms with Crippen molar-refractivity contribution in [1.82, 2.24) is 0 Å². The average Bonchev–Trinajstić information content (AvgIpc) is 0.766. The van der Waals surface area contributed by atoms with Crippen molar-refractivity contribution in [1.29, 1.82) is 0 Å². The molecule has 0 aliphatic heterocycles. The second kappa shape index (κ2) is 41.5. The molecule has 0 aromatic heterocycles. The Morgan fingerprint density at radius 3 is 0.818 bits per heavy atom. The maximum Gasteiger partial charge on any atom is 0.337 e. The Kier molecular flexibility index (Phi) is 38.7. The number of rotatable bonds is 9. The van der Waals surface area contributed by atoms with Gasteiger partial charge in [0.15, 0.2) is 0 Å². The van der Waals surface area contributed by atoms with E-state index < -0.39 is 5.82 Å². The van der Waals surface area contributed by atoms with Gasteiger partial charge in [0.05, 0.1) is 32.0 Å². The maximum atomic E-state index is 13.7. The van der Waals surface area contributed by atoms with E-state index in [1.54, 1.807) is 12.1 Å². The van der Waals surface area contributed by atoms with Crippen LogP contribution in [0.1, 0.15) is 418 Å². The van der Waals surface area contributed by atoms with Crippen LogP contribution in [-0.2, 0) is 80.9 Å². The summed E-state index contributed by atoms with van der Waals surface area (Å²) in [5, 5.41) is 75.0. The highest BCUT2D eigenvalue weighted by molar-refractivity contribution is 5.90. The zero-order valence-electron chi connectivity index (χ0n) is 79.8. The van der Waals surface area contributed by atoms with E-state index in [2.05, 4.69) is 261 Å². The van der Waals surface area contributed by atoms with Crippen LogP contribution < -0.4 is 4.74 Å². The van der Waals surface area contributed by atoms with Crippen molar-refractivity contribution < 1.29 is 59.1 Å². The quantitative estimate of drug-likeness (QED) is 0.0538. The third-order valence-electron chi connectivity index (χ3n) is 21.6. The van der Waals surface area contributed by atoms with Crippen LogP contribution in [0.25, 0.3) is 16.0 Å². The summed E-state index contributed by atoms with van der Waals surface area (Å²) in [6, 6.07) is 27.4. The second-order valence-corrected chi connectivity index (χ2v) is 44.7. The highest BCUT2D eigenvalue weighted by Gasteiger charge is 2.35. The SMILES string of the molecule is C.C.C.C.CC(C)(C)c1cc(-c2cc(C(C)(C)C)c(O)c(C(C)(C)C)c2)cc(C(C)(C)C)c1O.CC(C)(C)c1cc(Cc2cc(C(C)(C)C)c(O)c(C(C)(C)C)c2)cc(C(C)(C)C)c1O.CCOc1cc(C(C)(C)C)c(O)c(C(C)(C)C)c1.COC(=O)c1cc(C(C)(C)C)c(O)c(C(C)(C)C)c1.[C-]#[N+]c1c(O)cc(C2CCC(OCC)CC2)cc1F. The van der Waals surface area contributed by atoms with E-state index >= 15 is 0 Å². The van der Waals surface area contributed by atoms with Crippen molar-refractivity contribution in [3.63, 3.8) is 0 Å². The summed E-state index contributed by atoms with van der Waals surface area (Å²) >= 11 is 0. The molecular formula is C108H170FNO11. The number of nitrogens with zero attached hydrogens (tertiary/aromatic N) is 1. The van der Waals surface area contributed by atoms with E-state index in [9.17, 15) is 44.9 Å². The molecule has 1 saturated carbocycles. The summed E-state index contributed by atoms with van der Waals surface area (Å²) < 4.78 is 29.7. The summed E-state index contributed by atoms with van der Waals surface area (Å²) in [4.78, 5) is 14.8. The number of ether oxygens (including phenoxy) is 3. The molecule has 121 heavy (non-hydrogen) atoms. The predicted octanol–water partition coefficient (Wildman–Crippen LogP) is 30.7. The fourth-order valence-corrected chi connectivity index (χ4v) is 14.8. The number of halogens is 1. The lowest BCUT2D eigenvalue weighted by atomic mass is 9.75. The van der Waals surface area contributed by atoms with E-state index in [4.69, 9.17) is 20.8 Å². The van der Waals surface area contributed by atoms with Crippen molar-refractivity contribution in [3.05, 3.63) is 191 Å². The number of benzene rings is 7. The third-order valence-corrected chi connectivity index (χ3v) is 21.6. The molecule has 1 fully saturated rings. The monoisotopic (exact) mass is 1680 g/mol. The minimum atomic E-state index is -0.628. The molecule has 1 aliphatic rings. The first-order chi connectivity index (χ1) is 52.7. The normalized spacial score (nSPS) is 14.3. The van der Waals surface area contributed by atoms with Crippen LogP contribution >= 0.6 is 0 Å². The number of hydrogen-bond acceptors (Lipinski definition) is 11. The summed E-state index contributed by atoms with van der Waals surface area (Å²) in [7, 11) is 1.36. The fraction of sp³-hybridized carbons (Fsp3) is 0.593. The Hall–Kier alpha value is -8.21. The van der Waals surface area contributed by atoms with Gasteiger partial charge in [-0.2, -0.15) is 0 Å². The Labute approximate surface area is 737 Å². The summed E-state index contributed by atoms with van der Waals surface area (Å²) in [5.41, 5.74) is 14.7. The minimum Gasteiger partial charge on any atom is -0.519 e. The minimum absolute atomic E-state index is 0. The number of phenols is 7. The van der Waals surface area contributed by atoms with Crippen LogP contribution in [-0.4, -0.2) is 68.1 Å². The zero-order chi connectivity index (χ0) is 90.6. The Balaban J connectivity index is 0.00000150. The number of carbonyl (C=O) groups excluding carboxylic acids is 1. The lowest BCUT2D eigenvalue weighted by molar-refractivity contribution is 0.0328. The second-order valence-electron chi connectivity index (χ2n) is 44.7. The van der Waals surface area contributed by atoms with Crippen molar-refractivity contribution in [3.8, 4) is 57.1 Å². The molecule has 8 rings (SSSR count). The average molecular weight is 1680 g/mol. The summed E-state index contributed by atoms with van der Waals surface area (Å²) in [6.07, 6.45) is 4.86. The van der Waals surface area contributed by atoms with Crippen molar-refractivity contribution in [2.75, 3.05) is 20.3 Å². The molecule has 13 heteroatoms. The van der Waals surface area contributed by atoms with Gasteiger partial charge < -0.3 is 50.0 Å². The third kappa shape index (κ3) is 30.0. The first-order valence-electron chi connectivity index (χ1n) is 42.2. The van der Waals surface area contributed by atoms with Crippen LogP contribution in [0.3, 0.4) is 0 Å². The molecule has 0 atom stereocenters. The highest BCUT2D eigenvalue weighted by Crippen LogP contribution is 2.50. The van der Waals surface area contributed by atoms with Crippen LogP contribution in [0, 0.1) is 12.4 Å². The molecule has 680 valence electrons. The molecule has 1 aliphatic carbocycles. The molecule has 0 spiro atoms. The Morgan fingerprint density at radius 2 is 0.603 bits per heavy atom. The van der Waals surface area contributed by atoms with Gasteiger partial charge in [0.1, 0.15) is 51.8 Å². The molecule has 0 unspecified atom stereocenters. The van der Waals surface area contributed by atoms with Gasteiger partial charge in [0.25, 0.3) is 5.69 Å². The van der Waals surface area contributed by atoms with Gasteiger partial charge >= 0.3 is 5.97 Å². The molecule has 0 amide bonds.